The van der Waals surface area contributed by atoms with Gasteiger partial charge in [-0.3, -0.25) is 4.79 Å². The van der Waals surface area contributed by atoms with Crippen molar-refractivity contribution in [2.24, 2.45) is 0 Å². The third-order valence-corrected chi connectivity index (χ3v) is 4.99. The number of nitrogens with zero attached hydrogens (tertiary/aromatic N) is 2. The van der Waals surface area contributed by atoms with E-state index in [0.29, 0.717) is 27.2 Å². The summed E-state index contributed by atoms with van der Waals surface area (Å²) in [6.07, 6.45) is 3.58. The van der Waals surface area contributed by atoms with E-state index < -0.39 is 0 Å². The first kappa shape index (κ1) is 23.8. The number of halogens is 4. The standard InChI is InChI=1S/C18H19Cl2N3O2.2ClH/c1-21-11-13-4-3-9-23(13)18(24)12-7-8-16(22-10-12)25-15-6-2-5-14(19)17(15)20;;/h2,5-8,10,13,21H,3-4,9,11H2,1H3;2*1H. The van der Waals surface area contributed by atoms with Gasteiger partial charge in [0.1, 0.15) is 10.8 Å². The molecule has 148 valence electrons. The van der Waals surface area contributed by atoms with E-state index in [1.54, 1.807) is 30.3 Å². The van der Waals surface area contributed by atoms with Crippen LogP contribution in [0.1, 0.15) is 23.2 Å². The highest BCUT2D eigenvalue weighted by Crippen LogP contribution is 2.34. The van der Waals surface area contributed by atoms with Gasteiger partial charge in [-0.15, -0.1) is 24.8 Å². The van der Waals surface area contributed by atoms with Gasteiger partial charge in [-0.05, 0) is 38.1 Å². The van der Waals surface area contributed by atoms with E-state index in [-0.39, 0.29) is 36.8 Å². The van der Waals surface area contributed by atoms with Gasteiger partial charge in [-0.25, -0.2) is 4.98 Å². The molecular weight excluding hydrogens is 432 g/mol. The maximum atomic E-state index is 12.7. The summed E-state index contributed by atoms with van der Waals surface area (Å²) in [6.45, 7) is 1.58. The molecule has 1 saturated heterocycles. The van der Waals surface area contributed by atoms with Crippen molar-refractivity contribution in [2.45, 2.75) is 18.9 Å². The molecule has 1 N–H and O–H groups in total. The lowest BCUT2D eigenvalue weighted by Crippen LogP contribution is -2.40. The number of aromatic nitrogens is 1. The fraction of sp³-hybridized carbons (Fsp3) is 0.333. The number of ether oxygens (including phenoxy) is 1. The van der Waals surface area contributed by atoms with E-state index in [9.17, 15) is 4.79 Å². The first-order chi connectivity index (χ1) is 12.1. The number of carbonyl (C=O) groups excluding carboxylic acids is 1. The maximum Gasteiger partial charge on any atom is 0.255 e. The second-order valence-electron chi connectivity index (χ2n) is 5.89. The molecule has 3 rings (SSSR count). The Morgan fingerprint density at radius 1 is 1.30 bits per heavy atom. The molecule has 0 aliphatic carbocycles. The predicted molar refractivity (Wildman–Crippen MR) is 113 cm³/mol. The van der Waals surface area contributed by atoms with Crippen molar-refractivity contribution < 1.29 is 9.53 Å². The predicted octanol–water partition coefficient (Wildman–Crippen LogP) is 4.85. The zero-order valence-electron chi connectivity index (χ0n) is 14.7. The van der Waals surface area contributed by atoms with Gasteiger partial charge in [0.25, 0.3) is 5.91 Å². The molecule has 5 nitrogen and oxygen atoms in total. The number of rotatable bonds is 5. The van der Waals surface area contributed by atoms with Gasteiger partial charge in [-0.2, -0.15) is 0 Å². The number of pyridine rings is 1. The Bertz CT molecular complexity index is 759. The Hall–Kier alpha value is -1.24. The Morgan fingerprint density at radius 3 is 2.74 bits per heavy atom. The van der Waals surface area contributed by atoms with Gasteiger partial charge in [-0.1, -0.05) is 29.3 Å². The Labute approximate surface area is 181 Å². The van der Waals surface area contributed by atoms with E-state index in [1.807, 2.05) is 11.9 Å². The van der Waals surface area contributed by atoms with Crippen LogP contribution in [0.2, 0.25) is 10.0 Å². The molecular formula is C18H21Cl4N3O2. The number of amides is 1. The molecule has 9 heteroatoms. The van der Waals surface area contributed by atoms with Crippen LogP contribution in [0.5, 0.6) is 11.6 Å². The van der Waals surface area contributed by atoms with Crippen LogP contribution in [-0.4, -0.2) is 42.0 Å². The molecule has 1 aromatic carbocycles. The summed E-state index contributed by atoms with van der Waals surface area (Å²) in [6, 6.07) is 8.76. The molecule has 1 aliphatic rings. The molecule has 2 aromatic rings. The summed E-state index contributed by atoms with van der Waals surface area (Å²) in [7, 11) is 1.90. The molecule has 1 aliphatic heterocycles. The molecule has 1 unspecified atom stereocenters. The number of nitrogens with one attached hydrogen (secondary N) is 1. The van der Waals surface area contributed by atoms with E-state index in [0.717, 1.165) is 25.9 Å². The quantitative estimate of drug-likeness (QED) is 0.704. The average molecular weight is 453 g/mol. The SMILES string of the molecule is CNCC1CCCN1C(=O)c1ccc(Oc2cccc(Cl)c2Cl)nc1.Cl.Cl. The fourth-order valence-corrected chi connectivity index (χ4v) is 3.29. The van der Waals surface area contributed by atoms with Crippen molar-refractivity contribution in [3.05, 3.63) is 52.1 Å². The monoisotopic (exact) mass is 451 g/mol. The van der Waals surface area contributed by atoms with Gasteiger partial charge < -0.3 is 15.0 Å². The Balaban J connectivity index is 0.00000182. The minimum absolute atomic E-state index is 0. The van der Waals surface area contributed by atoms with Crippen LogP contribution in [0.25, 0.3) is 0 Å². The molecule has 1 fully saturated rings. The van der Waals surface area contributed by atoms with E-state index in [1.165, 1.54) is 6.20 Å². The van der Waals surface area contributed by atoms with Crippen LogP contribution in [0.4, 0.5) is 0 Å². The van der Waals surface area contributed by atoms with Crippen molar-refractivity contribution >= 4 is 53.9 Å². The molecule has 1 aromatic heterocycles. The van der Waals surface area contributed by atoms with Crippen LogP contribution < -0.4 is 10.1 Å². The van der Waals surface area contributed by atoms with E-state index in [2.05, 4.69) is 10.3 Å². The highest BCUT2D eigenvalue weighted by atomic mass is 35.5. The van der Waals surface area contributed by atoms with Crippen LogP contribution in [0.3, 0.4) is 0 Å². The second-order valence-corrected chi connectivity index (χ2v) is 6.68. The highest BCUT2D eigenvalue weighted by Gasteiger charge is 2.28. The number of likely N-dealkylation sites (tertiary alicyclic amines) is 1. The average Bonchev–Trinajstić information content (AvgIpc) is 3.08. The molecule has 1 amide bonds. The molecule has 0 radical (unpaired) electrons. The van der Waals surface area contributed by atoms with Crippen molar-refractivity contribution in [3.8, 4) is 11.6 Å². The van der Waals surface area contributed by atoms with Crippen molar-refractivity contribution in [1.29, 1.82) is 0 Å². The van der Waals surface area contributed by atoms with Crippen LogP contribution >= 0.6 is 48.0 Å². The summed E-state index contributed by atoms with van der Waals surface area (Å²) >= 11 is 12.1. The van der Waals surface area contributed by atoms with Gasteiger partial charge in [0.2, 0.25) is 5.88 Å². The second kappa shape index (κ2) is 10.9. The van der Waals surface area contributed by atoms with E-state index in [4.69, 9.17) is 27.9 Å². The van der Waals surface area contributed by atoms with Crippen molar-refractivity contribution in [2.75, 3.05) is 20.1 Å². The highest BCUT2D eigenvalue weighted by molar-refractivity contribution is 6.42. The third kappa shape index (κ3) is 5.62. The lowest BCUT2D eigenvalue weighted by atomic mass is 10.2. The summed E-state index contributed by atoms with van der Waals surface area (Å²) in [4.78, 5) is 18.8. The summed E-state index contributed by atoms with van der Waals surface area (Å²) < 4.78 is 5.65. The third-order valence-electron chi connectivity index (χ3n) is 4.19. The van der Waals surface area contributed by atoms with Crippen molar-refractivity contribution in [1.82, 2.24) is 15.2 Å². The molecule has 0 saturated carbocycles. The maximum absolute atomic E-state index is 12.7. The number of hydrogen-bond donors (Lipinski definition) is 1. The van der Waals surface area contributed by atoms with Crippen molar-refractivity contribution in [3.63, 3.8) is 0 Å². The largest absolute Gasteiger partial charge is 0.437 e. The normalized spacial score (nSPS) is 15.7. The van der Waals surface area contributed by atoms with Crippen LogP contribution in [0.15, 0.2) is 36.5 Å². The lowest BCUT2D eigenvalue weighted by molar-refractivity contribution is 0.0736. The zero-order chi connectivity index (χ0) is 17.8. The minimum atomic E-state index is -0.00223. The first-order valence-electron chi connectivity index (χ1n) is 8.13. The molecule has 27 heavy (non-hydrogen) atoms. The topological polar surface area (TPSA) is 54.5 Å². The fourth-order valence-electron chi connectivity index (χ4n) is 2.96. The van der Waals surface area contributed by atoms with Crippen LogP contribution in [0, 0.1) is 0 Å². The number of likely N-dealkylation sites (N-methyl/N-ethyl adjacent to an activating group) is 1. The van der Waals surface area contributed by atoms with E-state index >= 15 is 0 Å². The molecule has 2 heterocycles. The summed E-state index contributed by atoms with van der Waals surface area (Å²) in [5.74, 6) is 0.779. The Kier molecular flexibility index (Phi) is 9.63. The number of hydrogen-bond acceptors (Lipinski definition) is 4. The van der Waals surface area contributed by atoms with Gasteiger partial charge in [0.05, 0.1) is 10.6 Å². The number of carbonyl (C=O) groups is 1. The Morgan fingerprint density at radius 2 is 2.07 bits per heavy atom. The van der Waals surface area contributed by atoms with Crippen LogP contribution in [-0.2, 0) is 0 Å². The van der Waals surface area contributed by atoms with Gasteiger partial charge in [0, 0.05) is 31.4 Å². The molecule has 0 spiro atoms. The molecule has 1 atom stereocenters. The zero-order valence-corrected chi connectivity index (χ0v) is 17.8. The first-order valence-corrected chi connectivity index (χ1v) is 8.89. The number of benzene rings is 1. The smallest absolute Gasteiger partial charge is 0.255 e. The van der Waals surface area contributed by atoms with Gasteiger partial charge >= 0.3 is 0 Å². The van der Waals surface area contributed by atoms with Gasteiger partial charge in [0.15, 0.2) is 0 Å². The summed E-state index contributed by atoms with van der Waals surface area (Å²) in [5, 5.41) is 3.88. The summed E-state index contributed by atoms with van der Waals surface area (Å²) in [5.41, 5.74) is 0.549. The minimum Gasteiger partial charge on any atom is -0.437 e. The molecule has 0 bridgehead atoms. The lowest BCUT2D eigenvalue weighted by Gasteiger charge is -2.24.